The van der Waals surface area contributed by atoms with Gasteiger partial charge >= 0.3 is 11.8 Å². The van der Waals surface area contributed by atoms with Gasteiger partial charge < -0.3 is 10.6 Å². The van der Waals surface area contributed by atoms with E-state index in [-0.39, 0.29) is 16.3 Å². The molecular formula is C20H22FN3O4S. The molecule has 7 nitrogen and oxygen atoms in total. The first-order valence-corrected chi connectivity index (χ1v) is 10.8. The summed E-state index contributed by atoms with van der Waals surface area (Å²) in [6, 6.07) is 11.1. The van der Waals surface area contributed by atoms with Crippen LogP contribution >= 0.6 is 0 Å². The van der Waals surface area contributed by atoms with E-state index in [1.807, 2.05) is 0 Å². The highest BCUT2D eigenvalue weighted by Gasteiger charge is 2.25. The number of halogens is 1. The molecule has 2 aromatic rings. The van der Waals surface area contributed by atoms with Crippen LogP contribution in [0.15, 0.2) is 53.4 Å². The van der Waals surface area contributed by atoms with Gasteiger partial charge in [-0.2, -0.15) is 4.31 Å². The lowest BCUT2D eigenvalue weighted by Gasteiger charge is -2.20. The SMILES string of the molecule is O=C(Nc1ccc(S(=O)(=O)N2CCCCCC2)cc1)C(=O)Nc1ccccc1F. The predicted molar refractivity (Wildman–Crippen MR) is 107 cm³/mol. The monoisotopic (exact) mass is 419 g/mol. The van der Waals surface area contributed by atoms with Crippen LogP contribution in [0.1, 0.15) is 25.7 Å². The van der Waals surface area contributed by atoms with E-state index in [9.17, 15) is 22.4 Å². The molecule has 0 radical (unpaired) electrons. The zero-order valence-corrected chi connectivity index (χ0v) is 16.5. The first-order valence-electron chi connectivity index (χ1n) is 9.35. The fourth-order valence-corrected chi connectivity index (χ4v) is 4.59. The molecule has 9 heteroatoms. The van der Waals surface area contributed by atoms with Gasteiger partial charge in [-0.05, 0) is 49.2 Å². The molecule has 1 aliphatic heterocycles. The summed E-state index contributed by atoms with van der Waals surface area (Å²) in [4.78, 5) is 24.1. The molecule has 1 saturated heterocycles. The molecule has 0 aliphatic carbocycles. The maximum absolute atomic E-state index is 13.6. The number of benzene rings is 2. The number of nitrogens with zero attached hydrogens (tertiary/aromatic N) is 1. The maximum atomic E-state index is 13.6. The topological polar surface area (TPSA) is 95.6 Å². The third-order valence-corrected chi connectivity index (χ3v) is 6.56. The Bertz CT molecular complexity index is 985. The highest BCUT2D eigenvalue weighted by atomic mass is 32.2. The minimum Gasteiger partial charge on any atom is -0.318 e. The van der Waals surface area contributed by atoms with Crippen molar-refractivity contribution in [3.63, 3.8) is 0 Å². The molecule has 0 saturated carbocycles. The highest BCUT2D eigenvalue weighted by molar-refractivity contribution is 7.89. The van der Waals surface area contributed by atoms with E-state index in [0.717, 1.165) is 31.7 Å². The zero-order chi connectivity index (χ0) is 20.9. The van der Waals surface area contributed by atoms with Crippen molar-refractivity contribution in [3.05, 3.63) is 54.3 Å². The van der Waals surface area contributed by atoms with Gasteiger partial charge in [-0.25, -0.2) is 12.8 Å². The Balaban J connectivity index is 1.64. The molecule has 1 aliphatic rings. The second kappa shape index (κ2) is 9.15. The van der Waals surface area contributed by atoms with Crippen LogP contribution in [0, 0.1) is 5.82 Å². The lowest BCUT2D eigenvalue weighted by molar-refractivity contribution is -0.133. The van der Waals surface area contributed by atoms with Crippen molar-refractivity contribution >= 4 is 33.2 Å². The molecule has 2 amide bonds. The Kier molecular flexibility index (Phi) is 6.60. The van der Waals surface area contributed by atoms with Gasteiger partial charge in [-0.3, -0.25) is 9.59 Å². The van der Waals surface area contributed by atoms with E-state index in [2.05, 4.69) is 10.6 Å². The Hall–Kier alpha value is -2.78. The molecule has 1 heterocycles. The number of sulfonamides is 1. The minimum absolute atomic E-state index is 0.105. The van der Waals surface area contributed by atoms with Gasteiger partial charge in [0, 0.05) is 18.8 Å². The summed E-state index contributed by atoms with van der Waals surface area (Å²) in [6.07, 6.45) is 3.72. The van der Waals surface area contributed by atoms with Crippen molar-refractivity contribution in [1.29, 1.82) is 0 Å². The average Bonchev–Trinajstić information content (AvgIpc) is 3.00. The van der Waals surface area contributed by atoms with Gasteiger partial charge in [0.2, 0.25) is 10.0 Å². The second-order valence-corrected chi connectivity index (χ2v) is 8.67. The van der Waals surface area contributed by atoms with Crippen LogP contribution in [0.2, 0.25) is 0 Å². The van der Waals surface area contributed by atoms with Crippen LogP contribution in [0.5, 0.6) is 0 Å². The lowest BCUT2D eigenvalue weighted by Crippen LogP contribution is -2.32. The smallest absolute Gasteiger partial charge is 0.314 e. The van der Waals surface area contributed by atoms with E-state index < -0.39 is 27.7 Å². The third-order valence-electron chi connectivity index (χ3n) is 4.64. The molecule has 0 spiro atoms. The summed E-state index contributed by atoms with van der Waals surface area (Å²) in [6.45, 7) is 0.994. The van der Waals surface area contributed by atoms with Gasteiger partial charge in [-0.1, -0.05) is 25.0 Å². The van der Waals surface area contributed by atoms with Crippen molar-refractivity contribution in [2.75, 3.05) is 23.7 Å². The van der Waals surface area contributed by atoms with Crippen LogP contribution in [0.25, 0.3) is 0 Å². The van der Waals surface area contributed by atoms with Crippen LogP contribution in [0.4, 0.5) is 15.8 Å². The van der Waals surface area contributed by atoms with E-state index in [0.29, 0.717) is 13.1 Å². The number of nitrogens with one attached hydrogen (secondary N) is 2. The number of amides is 2. The predicted octanol–water partition coefficient (Wildman–Crippen LogP) is 2.97. The summed E-state index contributed by atoms with van der Waals surface area (Å²) < 4.78 is 40.6. The number of carbonyl (C=O) groups is 2. The Labute approximate surface area is 169 Å². The van der Waals surface area contributed by atoms with Crippen molar-refractivity contribution in [2.24, 2.45) is 0 Å². The Morgan fingerprint density at radius 2 is 1.41 bits per heavy atom. The van der Waals surface area contributed by atoms with Crippen molar-refractivity contribution < 1.29 is 22.4 Å². The number of carbonyl (C=O) groups excluding carboxylic acids is 2. The molecule has 0 unspecified atom stereocenters. The fourth-order valence-electron chi connectivity index (χ4n) is 3.07. The number of para-hydroxylation sites is 1. The quantitative estimate of drug-likeness (QED) is 0.745. The van der Waals surface area contributed by atoms with E-state index in [4.69, 9.17) is 0 Å². The molecule has 0 bridgehead atoms. The van der Waals surface area contributed by atoms with Gasteiger partial charge in [0.05, 0.1) is 10.6 Å². The lowest BCUT2D eigenvalue weighted by atomic mass is 10.2. The summed E-state index contributed by atoms with van der Waals surface area (Å²) in [5.41, 5.74) is 0.153. The molecule has 2 N–H and O–H groups in total. The molecule has 3 rings (SSSR count). The first kappa shape index (κ1) is 20.9. The van der Waals surface area contributed by atoms with Crippen molar-refractivity contribution in [3.8, 4) is 0 Å². The normalized spacial score (nSPS) is 15.3. The number of rotatable bonds is 4. The summed E-state index contributed by atoms with van der Waals surface area (Å²) in [5, 5.41) is 4.55. The number of anilines is 2. The molecule has 2 aromatic carbocycles. The highest BCUT2D eigenvalue weighted by Crippen LogP contribution is 2.22. The van der Waals surface area contributed by atoms with Gasteiger partial charge in [-0.15, -0.1) is 0 Å². The number of hydrogen-bond acceptors (Lipinski definition) is 4. The van der Waals surface area contributed by atoms with Crippen LogP contribution in [0.3, 0.4) is 0 Å². The molecule has 29 heavy (non-hydrogen) atoms. The zero-order valence-electron chi connectivity index (χ0n) is 15.7. The molecule has 154 valence electrons. The van der Waals surface area contributed by atoms with Crippen LogP contribution in [-0.2, 0) is 19.6 Å². The number of hydrogen-bond donors (Lipinski definition) is 2. The van der Waals surface area contributed by atoms with E-state index in [1.54, 1.807) is 0 Å². The molecular weight excluding hydrogens is 397 g/mol. The summed E-state index contributed by atoms with van der Waals surface area (Å²) >= 11 is 0. The standard InChI is InChI=1S/C20H22FN3O4S/c21-17-7-3-4-8-18(17)23-20(26)19(25)22-15-9-11-16(12-10-15)29(27,28)24-13-5-1-2-6-14-24/h3-4,7-12H,1-2,5-6,13-14H2,(H,22,25)(H,23,26). The maximum Gasteiger partial charge on any atom is 0.314 e. The summed E-state index contributed by atoms with van der Waals surface area (Å²) in [7, 11) is -3.59. The minimum atomic E-state index is -3.59. The van der Waals surface area contributed by atoms with Crippen molar-refractivity contribution in [1.82, 2.24) is 4.31 Å². The molecule has 0 atom stereocenters. The Morgan fingerprint density at radius 1 is 0.828 bits per heavy atom. The van der Waals surface area contributed by atoms with Crippen LogP contribution in [-0.4, -0.2) is 37.6 Å². The van der Waals surface area contributed by atoms with Gasteiger partial charge in [0.15, 0.2) is 0 Å². The first-order chi connectivity index (χ1) is 13.9. The van der Waals surface area contributed by atoms with Gasteiger partial charge in [0.1, 0.15) is 5.82 Å². The largest absolute Gasteiger partial charge is 0.318 e. The van der Waals surface area contributed by atoms with E-state index >= 15 is 0 Å². The third kappa shape index (κ3) is 5.18. The summed E-state index contributed by atoms with van der Waals surface area (Å²) in [5.74, 6) is -2.68. The molecule has 1 fully saturated rings. The van der Waals surface area contributed by atoms with Gasteiger partial charge in [0.25, 0.3) is 0 Å². The average molecular weight is 419 g/mol. The molecule has 0 aromatic heterocycles. The van der Waals surface area contributed by atoms with E-state index in [1.165, 1.54) is 46.8 Å². The Morgan fingerprint density at radius 3 is 2.03 bits per heavy atom. The second-order valence-electron chi connectivity index (χ2n) is 6.73. The van der Waals surface area contributed by atoms with Crippen LogP contribution < -0.4 is 10.6 Å². The van der Waals surface area contributed by atoms with Crippen molar-refractivity contribution in [2.45, 2.75) is 30.6 Å². The fraction of sp³-hybridized carbons (Fsp3) is 0.300.